The summed E-state index contributed by atoms with van der Waals surface area (Å²) in [5, 5.41) is 7.03. The largest absolute Gasteiger partial charge is 0.736 e. The van der Waals surface area contributed by atoms with E-state index in [9.17, 15) is 17.3 Å². The lowest BCUT2D eigenvalue weighted by atomic mass is 10.0. The van der Waals surface area contributed by atoms with Crippen molar-refractivity contribution in [3.05, 3.63) is 93.6 Å². The third-order valence-corrected chi connectivity index (χ3v) is 6.22. The van der Waals surface area contributed by atoms with Crippen LogP contribution in [0.15, 0.2) is 92.4 Å². The second kappa shape index (κ2) is 8.69. The summed E-state index contributed by atoms with van der Waals surface area (Å²) in [6.45, 7) is 0. The first-order valence-corrected chi connectivity index (χ1v) is 11.9. The molecule has 34 heavy (non-hydrogen) atoms. The topological polar surface area (TPSA) is 50.9 Å². The summed E-state index contributed by atoms with van der Waals surface area (Å²) in [5.74, 6) is 0.347. The van der Waals surface area contributed by atoms with E-state index >= 15 is 0 Å². The van der Waals surface area contributed by atoms with Crippen LogP contribution < -0.4 is 8.96 Å². The van der Waals surface area contributed by atoms with Gasteiger partial charge >= 0.3 is 14.1 Å². The van der Waals surface area contributed by atoms with Crippen LogP contribution in [-0.2, 0) is 9.31 Å². The Kier molecular flexibility index (Phi) is 5.70. The van der Waals surface area contributed by atoms with Crippen LogP contribution in [0, 0.1) is 0 Å². The zero-order valence-electron chi connectivity index (χ0n) is 17.2. The number of aromatic nitrogens is 2. The standard InChI is InChI=1S/2C10H7BF2N2OS/c2*12-11(13)15-5-2-1-3-9(15)14-10(16-11)8-4-6-17-7-8/h2*1-7H. The van der Waals surface area contributed by atoms with E-state index in [-0.39, 0.29) is 23.4 Å². The van der Waals surface area contributed by atoms with Crippen LogP contribution in [0.25, 0.3) is 0 Å². The molecule has 2 aliphatic rings. The summed E-state index contributed by atoms with van der Waals surface area (Å²) in [6, 6.07) is 12.8. The van der Waals surface area contributed by atoms with Crippen LogP contribution in [0.4, 0.5) is 28.9 Å². The molecule has 6 heterocycles. The second-order valence-corrected chi connectivity index (χ2v) is 8.71. The molecule has 0 saturated carbocycles. The maximum Gasteiger partial charge on any atom is 0.736 e. The van der Waals surface area contributed by atoms with Crippen molar-refractivity contribution >= 4 is 60.2 Å². The number of aliphatic imine (C=N–C) groups is 2. The van der Waals surface area contributed by atoms with E-state index in [0.29, 0.717) is 11.1 Å². The van der Waals surface area contributed by atoms with Gasteiger partial charge in [-0.25, -0.2) is 0 Å². The van der Waals surface area contributed by atoms with E-state index in [1.165, 1.54) is 59.3 Å². The van der Waals surface area contributed by atoms with E-state index in [1.807, 2.05) is 0 Å². The normalized spacial score (nSPS) is 16.9. The van der Waals surface area contributed by atoms with Crippen LogP contribution >= 0.6 is 22.7 Å². The number of fused-ring (bicyclic) bond motifs is 2. The minimum atomic E-state index is -4.10. The van der Waals surface area contributed by atoms with Crippen LogP contribution in [0.2, 0.25) is 0 Å². The van der Waals surface area contributed by atoms with Crippen molar-refractivity contribution in [1.29, 1.82) is 0 Å². The second-order valence-electron chi connectivity index (χ2n) is 7.15. The van der Waals surface area contributed by atoms with Gasteiger partial charge in [0.15, 0.2) is 0 Å². The highest BCUT2D eigenvalue weighted by molar-refractivity contribution is 7.08. The van der Waals surface area contributed by atoms with E-state index < -0.39 is 14.1 Å². The number of hydrogen-bond acceptors (Lipinski definition) is 6. The molecule has 0 atom stereocenters. The molecular weight excluding hydrogens is 490 g/mol. The Morgan fingerprint density at radius 2 is 1.09 bits per heavy atom. The van der Waals surface area contributed by atoms with Gasteiger partial charge in [-0.3, -0.25) is 0 Å². The molecule has 0 unspecified atom stereocenters. The molecular formula is C20H14B2F4N4O2S2. The summed E-state index contributed by atoms with van der Waals surface area (Å²) < 4.78 is 66.0. The first-order valence-electron chi connectivity index (χ1n) is 9.97. The number of halogens is 4. The number of nitrogens with zero attached hydrogens (tertiary/aromatic N) is 4. The van der Waals surface area contributed by atoms with E-state index in [1.54, 1.807) is 45.8 Å². The van der Waals surface area contributed by atoms with Gasteiger partial charge < -0.3 is 35.5 Å². The quantitative estimate of drug-likeness (QED) is 0.293. The predicted octanol–water partition coefficient (Wildman–Crippen LogP) is 4.73. The molecule has 0 amide bonds. The van der Waals surface area contributed by atoms with Crippen molar-refractivity contribution in [1.82, 2.24) is 0 Å². The molecule has 4 aromatic heterocycles. The molecule has 0 radical (unpaired) electrons. The van der Waals surface area contributed by atoms with Gasteiger partial charge in [-0.1, -0.05) is 12.1 Å². The van der Waals surface area contributed by atoms with Crippen molar-refractivity contribution in [2.45, 2.75) is 0 Å². The SMILES string of the molecule is F[B-]1(F)OC(c2ccsc2)=Nc2cccc[n+]21.F[B-]1(F)OC(c2ccsc2)=Nc2cccc[n+]21. The average molecular weight is 504 g/mol. The molecule has 6 nitrogen and oxygen atoms in total. The van der Waals surface area contributed by atoms with Crippen molar-refractivity contribution in [3.63, 3.8) is 0 Å². The van der Waals surface area contributed by atoms with Gasteiger partial charge in [-0.15, -0.1) is 0 Å². The molecule has 0 saturated heterocycles. The van der Waals surface area contributed by atoms with Crippen molar-refractivity contribution < 1.29 is 35.5 Å². The van der Waals surface area contributed by atoms with Gasteiger partial charge in [-0.2, -0.15) is 22.7 Å². The molecule has 14 heteroatoms. The van der Waals surface area contributed by atoms with E-state index in [2.05, 4.69) is 9.98 Å². The van der Waals surface area contributed by atoms with Gasteiger partial charge in [-0.05, 0) is 45.0 Å². The summed E-state index contributed by atoms with van der Waals surface area (Å²) in [6.07, 6.45) is 2.53. The number of thiophene rings is 2. The molecule has 4 aromatic rings. The van der Waals surface area contributed by atoms with Gasteiger partial charge in [0, 0.05) is 22.9 Å². The zero-order valence-corrected chi connectivity index (χ0v) is 18.8. The van der Waals surface area contributed by atoms with Gasteiger partial charge in [0.25, 0.3) is 23.4 Å². The van der Waals surface area contributed by atoms with Gasteiger partial charge in [0.1, 0.15) is 0 Å². The van der Waals surface area contributed by atoms with Crippen LogP contribution in [0.1, 0.15) is 11.1 Å². The monoisotopic (exact) mass is 504 g/mol. The Bertz CT molecular complexity index is 1280. The molecule has 172 valence electrons. The summed E-state index contributed by atoms with van der Waals surface area (Å²) >= 11 is 2.82. The van der Waals surface area contributed by atoms with Crippen molar-refractivity contribution in [3.8, 4) is 0 Å². The summed E-state index contributed by atoms with van der Waals surface area (Å²) in [7, 11) is -8.19. The first-order chi connectivity index (χ1) is 16.3. The first kappa shape index (κ1) is 22.3. The highest BCUT2D eigenvalue weighted by Crippen LogP contribution is 2.23. The lowest BCUT2D eigenvalue weighted by molar-refractivity contribution is -0.569. The fourth-order valence-corrected chi connectivity index (χ4v) is 4.53. The van der Waals surface area contributed by atoms with E-state index in [0.717, 1.165) is 8.96 Å². The van der Waals surface area contributed by atoms with E-state index in [4.69, 9.17) is 9.31 Å². The van der Waals surface area contributed by atoms with Crippen LogP contribution in [-0.4, -0.2) is 25.9 Å². The van der Waals surface area contributed by atoms with Gasteiger partial charge in [0.2, 0.25) is 0 Å². The highest BCUT2D eigenvalue weighted by atomic mass is 32.1. The van der Waals surface area contributed by atoms with Crippen LogP contribution in [0.3, 0.4) is 0 Å². The average Bonchev–Trinajstić information content (AvgIpc) is 3.53. The molecule has 0 fully saturated rings. The van der Waals surface area contributed by atoms with Gasteiger partial charge in [0.05, 0.1) is 23.5 Å². The Hall–Kier alpha value is -3.51. The zero-order chi connectivity index (χ0) is 23.8. The van der Waals surface area contributed by atoms with Crippen LogP contribution in [0.5, 0.6) is 0 Å². The molecule has 0 aliphatic carbocycles. The fraction of sp³-hybridized carbons (Fsp3) is 0. The lowest BCUT2D eigenvalue weighted by Gasteiger charge is -2.26. The highest BCUT2D eigenvalue weighted by Gasteiger charge is 2.47. The maximum absolute atomic E-state index is 13.8. The maximum atomic E-state index is 13.8. The smallest absolute Gasteiger partial charge is 0.590 e. The molecule has 0 N–H and O–H groups in total. The Morgan fingerprint density at radius 1 is 0.647 bits per heavy atom. The number of pyridine rings is 2. The van der Waals surface area contributed by atoms with Crippen molar-refractivity contribution in [2.24, 2.45) is 9.98 Å². The third-order valence-electron chi connectivity index (χ3n) is 4.86. The fourth-order valence-electron chi connectivity index (χ4n) is 3.27. The Morgan fingerprint density at radius 3 is 1.47 bits per heavy atom. The number of rotatable bonds is 2. The molecule has 0 spiro atoms. The number of hydrogen-bond donors (Lipinski definition) is 0. The third kappa shape index (κ3) is 4.33. The summed E-state index contributed by atoms with van der Waals surface area (Å²) in [4.78, 5) is 8.17. The van der Waals surface area contributed by atoms with Crippen molar-refractivity contribution in [2.75, 3.05) is 0 Å². The molecule has 2 aliphatic heterocycles. The molecule has 0 bridgehead atoms. The lowest BCUT2D eigenvalue weighted by Crippen LogP contribution is -2.63. The molecule has 0 aromatic carbocycles. The minimum absolute atomic E-state index is 0.0255. The Balaban J connectivity index is 0.000000142. The summed E-state index contributed by atoms with van der Waals surface area (Å²) in [5.41, 5.74) is 1.15. The Labute approximate surface area is 199 Å². The predicted molar refractivity (Wildman–Crippen MR) is 123 cm³/mol. The minimum Gasteiger partial charge on any atom is -0.590 e. The molecule has 6 rings (SSSR count).